The average Bonchev–Trinajstić information content (AvgIpc) is 3.17. The van der Waals surface area contributed by atoms with Crippen LogP contribution in [0.5, 0.6) is 0 Å². The molecule has 0 spiro atoms. The summed E-state index contributed by atoms with van der Waals surface area (Å²) in [6.07, 6.45) is 2.48. The summed E-state index contributed by atoms with van der Waals surface area (Å²) in [5.74, 6) is 5.52. The highest BCUT2D eigenvalue weighted by Crippen LogP contribution is 2.33. The van der Waals surface area contributed by atoms with Gasteiger partial charge in [0.25, 0.3) is 11.8 Å². The minimum Gasteiger partial charge on any atom is -0.465 e. The molecular weight excluding hydrogens is 428 g/mol. The third-order valence-electron chi connectivity index (χ3n) is 5.45. The van der Waals surface area contributed by atoms with Crippen molar-refractivity contribution < 1.29 is 19.5 Å². The molecule has 0 bridgehead atoms. The number of piperidine rings is 1. The number of hydrogen-bond acceptors (Lipinski definition) is 7. The second-order valence-corrected chi connectivity index (χ2v) is 7.53. The number of nitrogens with one attached hydrogen (secondary N) is 1. The lowest BCUT2D eigenvalue weighted by Crippen LogP contribution is -2.39. The van der Waals surface area contributed by atoms with Crippen LogP contribution in [0.25, 0.3) is 11.3 Å². The Morgan fingerprint density at radius 1 is 1.12 bits per heavy atom. The van der Waals surface area contributed by atoms with Gasteiger partial charge in [-0.1, -0.05) is 12.1 Å². The van der Waals surface area contributed by atoms with E-state index in [0.717, 1.165) is 17.5 Å². The van der Waals surface area contributed by atoms with E-state index >= 15 is 0 Å². The van der Waals surface area contributed by atoms with Crippen LogP contribution in [0.3, 0.4) is 0 Å². The fourth-order valence-electron chi connectivity index (χ4n) is 3.89. The van der Waals surface area contributed by atoms with Crippen LogP contribution >= 0.6 is 0 Å². The number of amides is 3. The van der Waals surface area contributed by atoms with Crippen LogP contribution in [0, 0.1) is 0 Å². The van der Waals surface area contributed by atoms with Crippen molar-refractivity contribution in [1.29, 1.82) is 0 Å². The number of nitrogen functional groups attached to an aromatic ring is 1. The number of carbonyl (C=O) groups is 3. The number of nitrogens with zero attached hydrogens (tertiary/aromatic N) is 5. The molecule has 3 aromatic rings. The summed E-state index contributed by atoms with van der Waals surface area (Å²) in [5.41, 5.74) is 6.59. The number of rotatable bonds is 5. The standard InChI is InChI=1S/C21H22N8O4/c22-18(30)17-16(26-19(29(17)23)14-4-1-2-11-28(14)21(32)33)12-6-8-13(9-7-12)20(31)25-15-5-3-10-24-27-15/h3,5-10,14H,1-2,4,11,23H2,(H2,22,30)(H,32,33)(H,25,27,31). The van der Waals surface area contributed by atoms with Crippen molar-refractivity contribution in [2.75, 3.05) is 17.7 Å². The molecule has 12 nitrogen and oxygen atoms in total. The Morgan fingerprint density at radius 3 is 2.52 bits per heavy atom. The van der Waals surface area contributed by atoms with Crippen molar-refractivity contribution in [1.82, 2.24) is 24.8 Å². The van der Waals surface area contributed by atoms with Crippen LogP contribution in [-0.4, -0.2) is 54.3 Å². The molecule has 1 fully saturated rings. The highest BCUT2D eigenvalue weighted by Gasteiger charge is 2.34. The Morgan fingerprint density at radius 2 is 1.88 bits per heavy atom. The van der Waals surface area contributed by atoms with Gasteiger partial charge in [0.1, 0.15) is 5.69 Å². The largest absolute Gasteiger partial charge is 0.465 e. The molecule has 12 heteroatoms. The number of primary amides is 1. The molecule has 33 heavy (non-hydrogen) atoms. The van der Waals surface area contributed by atoms with Gasteiger partial charge < -0.3 is 22.0 Å². The van der Waals surface area contributed by atoms with Gasteiger partial charge in [-0.3, -0.25) is 14.5 Å². The zero-order chi connectivity index (χ0) is 23.5. The van der Waals surface area contributed by atoms with Crippen molar-refractivity contribution in [2.45, 2.75) is 25.3 Å². The zero-order valence-corrected chi connectivity index (χ0v) is 17.5. The normalized spacial score (nSPS) is 15.8. The molecule has 2 aromatic heterocycles. The summed E-state index contributed by atoms with van der Waals surface area (Å²) in [6, 6.07) is 9.01. The van der Waals surface area contributed by atoms with Gasteiger partial charge in [-0.15, -0.1) is 5.10 Å². The van der Waals surface area contributed by atoms with E-state index in [0.29, 0.717) is 29.9 Å². The van der Waals surface area contributed by atoms with Crippen LogP contribution in [0.2, 0.25) is 0 Å². The van der Waals surface area contributed by atoms with E-state index in [-0.39, 0.29) is 23.1 Å². The molecule has 0 radical (unpaired) electrons. The number of carbonyl (C=O) groups excluding carboxylic acids is 2. The zero-order valence-electron chi connectivity index (χ0n) is 17.5. The molecular formula is C21H22N8O4. The van der Waals surface area contributed by atoms with Gasteiger partial charge in [-0.25, -0.2) is 14.5 Å². The van der Waals surface area contributed by atoms with E-state index in [1.165, 1.54) is 11.1 Å². The smallest absolute Gasteiger partial charge is 0.407 e. The average molecular weight is 450 g/mol. The molecule has 0 aliphatic carbocycles. The molecule has 4 rings (SSSR count). The fourth-order valence-corrected chi connectivity index (χ4v) is 3.89. The molecule has 1 aliphatic rings. The second-order valence-electron chi connectivity index (χ2n) is 7.53. The number of benzene rings is 1. The number of aromatic nitrogens is 4. The van der Waals surface area contributed by atoms with Gasteiger partial charge in [0.15, 0.2) is 17.3 Å². The van der Waals surface area contributed by atoms with Gasteiger partial charge in [-0.05, 0) is 43.5 Å². The van der Waals surface area contributed by atoms with Crippen molar-refractivity contribution in [3.05, 3.63) is 59.7 Å². The molecule has 3 heterocycles. The predicted octanol–water partition coefficient (Wildman–Crippen LogP) is 1.61. The lowest BCUT2D eigenvalue weighted by molar-refractivity contribution is 0.0986. The summed E-state index contributed by atoms with van der Waals surface area (Å²) in [7, 11) is 0. The molecule has 0 saturated carbocycles. The number of carboxylic acid groups (broad SMARTS) is 1. The fraction of sp³-hybridized carbons (Fsp3) is 0.238. The lowest BCUT2D eigenvalue weighted by Gasteiger charge is -2.32. The monoisotopic (exact) mass is 450 g/mol. The maximum Gasteiger partial charge on any atom is 0.407 e. The third kappa shape index (κ3) is 4.31. The number of imidazole rings is 1. The van der Waals surface area contributed by atoms with Crippen molar-refractivity contribution in [3.8, 4) is 11.3 Å². The Bertz CT molecular complexity index is 1190. The van der Waals surface area contributed by atoms with Gasteiger partial charge in [0.2, 0.25) is 0 Å². The Balaban J connectivity index is 1.66. The van der Waals surface area contributed by atoms with Gasteiger partial charge in [0, 0.05) is 23.9 Å². The molecule has 3 amide bonds. The Kier molecular flexibility index (Phi) is 5.89. The van der Waals surface area contributed by atoms with Crippen molar-refractivity contribution in [2.24, 2.45) is 5.73 Å². The minimum atomic E-state index is -1.08. The van der Waals surface area contributed by atoms with Crippen LogP contribution < -0.4 is 16.9 Å². The number of nitrogens with two attached hydrogens (primary N) is 2. The summed E-state index contributed by atoms with van der Waals surface area (Å²) < 4.78 is 1.07. The first-order valence-electron chi connectivity index (χ1n) is 10.2. The van der Waals surface area contributed by atoms with E-state index < -0.39 is 18.0 Å². The highest BCUT2D eigenvalue weighted by atomic mass is 16.4. The lowest BCUT2D eigenvalue weighted by atomic mass is 10.0. The summed E-state index contributed by atoms with van der Waals surface area (Å²) >= 11 is 0. The summed E-state index contributed by atoms with van der Waals surface area (Å²) in [6.45, 7) is 0.351. The summed E-state index contributed by atoms with van der Waals surface area (Å²) in [5, 5.41) is 19.7. The first-order chi connectivity index (χ1) is 15.9. The Hall–Kier alpha value is -4.48. The molecule has 1 aliphatic heterocycles. The van der Waals surface area contributed by atoms with Crippen LogP contribution in [0.4, 0.5) is 10.6 Å². The summed E-state index contributed by atoms with van der Waals surface area (Å²) in [4.78, 5) is 42.1. The van der Waals surface area contributed by atoms with Crippen molar-refractivity contribution in [3.63, 3.8) is 0 Å². The first-order valence-corrected chi connectivity index (χ1v) is 10.2. The van der Waals surface area contributed by atoms with Crippen molar-refractivity contribution >= 4 is 23.7 Å². The van der Waals surface area contributed by atoms with Crippen LogP contribution in [0.1, 0.15) is 52.0 Å². The topological polar surface area (TPSA) is 182 Å². The van der Waals surface area contributed by atoms with Gasteiger partial charge in [-0.2, -0.15) is 5.10 Å². The molecule has 1 saturated heterocycles. The van der Waals surface area contributed by atoms with E-state index in [4.69, 9.17) is 11.6 Å². The number of anilines is 1. The van der Waals surface area contributed by atoms with E-state index in [1.54, 1.807) is 36.4 Å². The van der Waals surface area contributed by atoms with E-state index in [1.807, 2.05) is 0 Å². The minimum absolute atomic E-state index is 0.0438. The van der Waals surface area contributed by atoms with Gasteiger partial charge >= 0.3 is 6.09 Å². The molecule has 1 unspecified atom stereocenters. The highest BCUT2D eigenvalue weighted by molar-refractivity contribution is 6.04. The van der Waals surface area contributed by atoms with Gasteiger partial charge in [0.05, 0.1) is 6.04 Å². The maximum atomic E-state index is 12.4. The Labute approximate surface area is 188 Å². The van der Waals surface area contributed by atoms with Crippen LogP contribution in [-0.2, 0) is 0 Å². The third-order valence-corrected chi connectivity index (χ3v) is 5.45. The molecule has 6 N–H and O–H groups in total. The molecule has 1 aromatic carbocycles. The van der Waals surface area contributed by atoms with E-state index in [2.05, 4.69) is 20.5 Å². The van der Waals surface area contributed by atoms with E-state index in [9.17, 15) is 19.5 Å². The predicted molar refractivity (Wildman–Crippen MR) is 118 cm³/mol. The quantitative estimate of drug-likeness (QED) is 0.423. The molecule has 1 atom stereocenters. The first kappa shape index (κ1) is 21.7. The molecule has 170 valence electrons. The number of likely N-dealkylation sites (tertiary alicyclic amines) is 1. The SMILES string of the molecule is NC(=O)c1c(-c2ccc(C(=O)Nc3cccnn3)cc2)nc(C2CCCCN2C(=O)O)n1N. The van der Waals surface area contributed by atoms with Crippen LogP contribution in [0.15, 0.2) is 42.6 Å². The maximum absolute atomic E-state index is 12.4. The number of hydrogen-bond donors (Lipinski definition) is 4. The second kappa shape index (κ2) is 8.94.